The molecule has 0 aliphatic carbocycles. The van der Waals surface area contributed by atoms with E-state index in [0.29, 0.717) is 11.0 Å². The number of aryl methyl sites for hydroxylation is 3. The van der Waals surface area contributed by atoms with Crippen molar-refractivity contribution in [2.24, 2.45) is 0 Å². The normalized spacial score (nSPS) is 11.5. The molecule has 0 bridgehead atoms. The number of benzene rings is 2. The molecule has 0 aliphatic heterocycles. The van der Waals surface area contributed by atoms with E-state index in [4.69, 9.17) is 4.42 Å². The van der Waals surface area contributed by atoms with Crippen molar-refractivity contribution in [3.8, 4) is 11.1 Å². The summed E-state index contributed by atoms with van der Waals surface area (Å²) >= 11 is 1.52. The highest BCUT2D eigenvalue weighted by atomic mass is 32.1. The van der Waals surface area contributed by atoms with Gasteiger partial charge in [0.25, 0.3) is 5.56 Å². The Labute approximate surface area is 182 Å². The van der Waals surface area contributed by atoms with E-state index >= 15 is 0 Å². The molecule has 5 aromatic rings. The number of hydrogen-bond acceptors (Lipinski definition) is 5. The van der Waals surface area contributed by atoms with Crippen LogP contribution in [0.5, 0.6) is 0 Å². The molecule has 0 fully saturated rings. The molecular weight excluding hydrogens is 408 g/mol. The molecule has 0 amide bonds. The molecule has 3 heterocycles. The van der Waals surface area contributed by atoms with Crippen molar-refractivity contribution in [2.45, 2.75) is 27.3 Å². The third kappa shape index (κ3) is 3.29. The van der Waals surface area contributed by atoms with Crippen LogP contribution in [0.3, 0.4) is 0 Å². The summed E-state index contributed by atoms with van der Waals surface area (Å²) in [4.78, 5) is 32.0. The van der Waals surface area contributed by atoms with E-state index in [1.807, 2.05) is 63.2 Å². The minimum absolute atomic E-state index is 0.113. The average molecular weight is 429 g/mol. The van der Waals surface area contributed by atoms with E-state index in [0.717, 1.165) is 42.9 Å². The Bertz CT molecular complexity index is 1580. The van der Waals surface area contributed by atoms with Crippen LogP contribution in [0.1, 0.15) is 21.6 Å². The van der Waals surface area contributed by atoms with Gasteiger partial charge in [-0.2, -0.15) is 0 Å². The highest BCUT2D eigenvalue weighted by Gasteiger charge is 2.17. The second-order valence-corrected chi connectivity index (χ2v) is 8.98. The van der Waals surface area contributed by atoms with Crippen LogP contribution in [0, 0.1) is 20.8 Å². The molecule has 0 spiro atoms. The molecule has 5 rings (SSSR count). The van der Waals surface area contributed by atoms with E-state index in [-0.39, 0.29) is 12.1 Å². The standard InChI is InChI=1S/C25H20N2O3S/c1-14-9-19-18(11-21(28)30-20(19)10-15(14)2)12-27-13-26-24-23(25(27)29)22(16(3)31-24)17-7-5-4-6-8-17/h4-11,13H,12H2,1-3H3. The summed E-state index contributed by atoms with van der Waals surface area (Å²) in [5.74, 6) is 0. The molecule has 0 aliphatic rings. The maximum absolute atomic E-state index is 13.5. The van der Waals surface area contributed by atoms with Crippen molar-refractivity contribution >= 4 is 32.5 Å². The van der Waals surface area contributed by atoms with E-state index in [1.165, 1.54) is 17.4 Å². The topological polar surface area (TPSA) is 65.1 Å². The highest BCUT2D eigenvalue weighted by molar-refractivity contribution is 7.19. The number of rotatable bonds is 3. The Morgan fingerprint density at radius 1 is 1.00 bits per heavy atom. The van der Waals surface area contributed by atoms with Crippen molar-refractivity contribution in [1.29, 1.82) is 0 Å². The molecule has 154 valence electrons. The SMILES string of the molecule is Cc1cc2oc(=O)cc(Cn3cnc4sc(C)c(-c5ccccc5)c4c3=O)c2cc1C. The smallest absolute Gasteiger partial charge is 0.336 e. The Kier molecular flexibility index (Phi) is 4.59. The van der Waals surface area contributed by atoms with Gasteiger partial charge in [-0.15, -0.1) is 11.3 Å². The maximum Gasteiger partial charge on any atom is 0.336 e. The number of hydrogen-bond donors (Lipinski definition) is 0. The summed E-state index contributed by atoms with van der Waals surface area (Å²) in [6, 6.07) is 15.2. The fraction of sp³-hybridized carbons (Fsp3) is 0.160. The van der Waals surface area contributed by atoms with Crippen LogP contribution < -0.4 is 11.2 Å². The van der Waals surface area contributed by atoms with Crippen LogP contribution in [0.25, 0.3) is 32.3 Å². The molecule has 0 N–H and O–H groups in total. The minimum atomic E-state index is -0.427. The molecule has 0 atom stereocenters. The molecule has 2 aromatic carbocycles. The van der Waals surface area contributed by atoms with Crippen LogP contribution in [-0.4, -0.2) is 9.55 Å². The number of nitrogens with zero attached hydrogens (tertiary/aromatic N) is 2. The second kappa shape index (κ2) is 7.32. The van der Waals surface area contributed by atoms with Gasteiger partial charge in [-0.05, 0) is 55.2 Å². The summed E-state index contributed by atoms with van der Waals surface area (Å²) in [6.07, 6.45) is 1.57. The van der Waals surface area contributed by atoms with Gasteiger partial charge in [-0.25, -0.2) is 9.78 Å². The van der Waals surface area contributed by atoms with Gasteiger partial charge in [0.2, 0.25) is 0 Å². The van der Waals surface area contributed by atoms with E-state index in [1.54, 1.807) is 10.9 Å². The molecule has 0 radical (unpaired) electrons. The third-order valence-corrected chi connectivity index (χ3v) is 6.72. The molecular formula is C25H20N2O3S. The molecule has 0 unspecified atom stereocenters. The summed E-state index contributed by atoms with van der Waals surface area (Å²) in [5.41, 5.74) is 4.81. The second-order valence-electron chi connectivity index (χ2n) is 7.78. The van der Waals surface area contributed by atoms with E-state index in [9.17, 15) is 9.59 Å². The Balaban J connectivity index is 1.71. The number of fused-ring (bicyclic) bond motifs is 2. The summed E-state index contributed by atoms with van der Waals surface area (Å²) in [7, 11) is 0. The lowest BCUT2D eigenvalue weighted by molar-refractivity contribution is 0.557. The van der Waals surface area contributed by atoms with Gasteiger partial charge in [0.1, 0.15) is 10.4 Å². The van der Waals surface area contributed by atoms with Gasteiger partial charge < -0.3 is 4.42 Å². The van der Waals surface area contributed by atoms with E-state index in [2.05, 4.69) is 4.98 Å². The quantitative estimate of drug-likeness (QED) is 0.370. The average Bonchev–Trinajstić information content (AvgIpc) is 3.09. The first-order valence-electron chi connectivity index (χ1n) is 10.0. The highest BCUT2D eigenvalue weighted by Crippen LogP contribution is 2.35. The summed E-state index contributed by atoms with van der Waals surface area (Å²) in [6.45, 7) is 6.26. The maximum atomic E-state index is 13.5. The summed E-state index contributed by atoms with van der Waals surface area (Å²) < 4.78 is 6.97. The lowest BCUT2D eigenvalue weighted by Gasteiger charge is -2.10. The molecule has 6 heteroatoms. The first-order valence-corrected chi connectivity index (χ1v) is 10.8. The van der Waals surface area contributed by atoms with Gasteiger partial charge in [0.05, 0.1) is 18.3 Å². The van der Waals surface area contributed by atoms with Crippen LogP contribution >= 0.6 is 11.3 Å². The first-order chi connectivity index (χ1) is 14.9. The fourth-order valence-electron chi connectivity index (χ4n) is 4.00. The molecule has 3 aromatic heterocycles. The van der Waals surface area contributed by atoms with Gasteiger partial charge >= 0.3 is 5.63 Å². The largest absolute Gasteiger partial charge is 0.423 e. The zero-order valence-corrected chi connectivity index (χ0v) is 18.2. The fourth-order valence-corrected chi connectivity index (χ4v) is 5.00. The van der Waals surface area contributed by atoms with Gasteiger partial charge in [0, 0.05) is 21.9 Å². The zero-order valence-electron chi connectivity index (χ0n) is 17.4. The van der Waals surface area contributed by atoms with Crippen LogP contribution in [0.2, 0.25) is 0 Å². The lowest BCUT2D eigenvalue weighted by atomic mass is 10.0. The zero-order chi connectivity index (χ0) is 21.7. The van der Waals surface area contributed by atoms with Crippen molar-refractivity contribution in [3.05, 3.63) is 97.2 Å². The van der Waals surface area contributed by atoms with Gasteiger partial charge in [-0.3, -0.25) is 9.36 Å². The Morgan fingerprint density at radius 2 is 1.74 bits per heavy atom. The van der Waals surface area contributed by atoms with Crippen molar-refractivity contribution in [3.63, 3.8) is 0 Å². The molecule has 0 saturated carbocycles. The third-order valence-electron chi connectivity index (χ3n) is 5.70. The Morgan fingerprint density at radius 3 is 2.52 bits per heavy atom. The van der Waals surface area contributed by atoms with Crippen molar-refractivity contribution in [1.82, 2.24) is 9.55 Å². The molecule has 5 nitrogen and oxygen atoms in total. The number of thiophene rings is 1. The van der Waals surface area contributed by atoms with Crippen molar-refractivity contribution < 1.29 is 4.42 Å². The van der Waals surface area contributed by atoms with E-state index < -0.39 is 5.63 Å². The van der Waals surface area contributed by atoms with Gasteiger partial charge in [0.15, 0.2) is 0 Å². The lowest BCUT2D eigenvalue weighted by Crippen LogP contribution is -2.21. The predicted octanol–water partition coefficient (Wildman–Crippen LogP) is 5.20. The van der Waals surface area contributed by atoms with Crippen LogP contribution in [-0.2, 0) is 6.54 Å². The van der Waals surface area contributed by atoms with Crippen LogP contribution in [0.15, 0.2) is 68.9 Å². The minimum Gasteiger partial charge on any atom is -0.423 e. The van der Waals surface area contributed by atoms with Crippen molar-refractivity contribution in [2.75, 3.05) is 0 Å². The first kappa shape index (κ1) is 19.5. The summed E-state index contributed by atoms with van der Waals surface area (Å²) in [5, 5.41) is 1.45. The Hall–Kier alpha value is -3.51. The predicted molar refractivity (Wildman–Crippen MR) is 125 cm³/mol. The van der Waals surface area contributed by atoms with Crippen LogP contribution in [0.4, 0.5) is 0 Å². The monoisotopic (exact) mass is 428 g/mol. The molecule has 0 saturated heterocycles. The molecule has 31 heavy (non-hydrogen) atoms. The van der Waals surface area contributed by atoms with Gasteiger partial charge in [-0.1, -0.05) is 30.3 Å². The number of aromatic nitrogens is 2.